The molecule has 0 aromatic carbocycles. The fraction of sp³-hybridized carbons (Fsp3) is 0.867. The molecule has 18 heavy (non-hydrogen) atoms. The summed E-state index contributed by atoms with van der Waals surface area (Å²) in [6.45, 7) is 3.86. The zero-order valence-electron chi connectivity index (χ0n) is 12.2. The van der Waals surface area contributed by atoms with Crippen molar-refractivity contribution in [3.05, 3.63) is 0 Å². The Morgan fingerprint density at radius 1 is 1.00 bits per heavy atom. The molecule has 1 unspecified atom stereocenters. The Bertz CT molecular complexity index is 236. The van der Waals surface area contributed by atoms with Crippen LogP contribution < -0.4 is 0 Å². The van der Waals surface area contributed by atoms with Crippen molar-refractivity contribution in [1.82, 2.24) is 0 Å². The molecular weight excluding hydrogens is 228 g/mol. The molecule has 3 heteroatoms. The van der Waals surface area contributed by atoms with Gasteiger partial charge in [0.15, 0.2) is 0 Å². The minimum atomic E-state index is -0.125. The van der Waals surface area contributed by atoms with Gasteiger partial charge in [-0.05, 0) is 26.2 Å². The molecule has 0 radical (unpaired) electrons. The van der Waals surface area contributed by atoms with E-state index in [1.54, 1.807) is 6.92 Å². The van der Waals surface area contributed by atoms with Gasteiger partial charge in [0.05, 0.1) is 7.11 Å². The summed E-state index contributed by atoms with van der Waals surface area (Å²) in [5.74, 6) is 0.461. The maximum absolute atomic E-state index is 11.4. The smallest absolute Gasteiger partial charge is 0.305 e. The second kappa shape index (κ2) is 11.2. The number of esters is 1. The Hall–Kier alpha value is -0.860. The molecule has 0 amide bonds. The number of hydrogen-bond donors (Lipinski definition) is 0. The molecule has 0 aliphatic carbocycles. The first-order valence-corrected chi connectivity index (χ1v) is 7.19. The maximum Gasteiger partial charge on any atom is 0.305 e. The first-order valence-electron chi connectivity index (χ1n) is 7.19. The quantitative estimate of drug-likeness (QED) is 0.416. The Labute approximate surface area is 111 Å². The van der Waals surface area contributed by atoms with Crippen molar-refractivity contribution in [2.24, 2.45) is 5.92 Å². The average molecular weight is 256 g/mol. The van der Waals surface area contributed by atoms with Crippen LogP contribution in [0.25, 0.3) is 0 Å². The van der Waals surface area contributed by atoms with Gasteiger partial charge >= 0.3 is 5.97 Å². The summed E-state index contributed by atoms with van der Waals surface area (Å²) in [6.07, 6.45) is 9.00. The lowest BCUT2D eigenvalue weighted by atomic mass is 9.92. The summed E-state index contributed by atoms with van der Waals surface area (Å²) in [5, 5.41) is 0. The second-order valence-corrected chi connectivity index (χ2v) is 4.98. The minimum Gasteiger partial charge on any atom is -0.469 e. The summed E-state index contributed by atoms with van der Waals surface area (Å²) in [7, 11) is 1.42. The van der Waals surface area contributed by atoms with E-state index in [0.29, 0.717) is 12.2 Å². The molecule has 0 aromatic heterocycles. The third-order valence-corrected chi connectivity index (χ3v) is 3.39. The number of rotatable bonds is 11. The number of methoxy groups -OCH3 is 1. The maximum atomic E-state index is 11.4. The first-order chi connectivity index (χ1) is 8.61. The van der Waals surface area contributed by atoms with Crippen LogP contribution in [-0.4, -0.2) is 18.9 Å². The number of carbonyl (C=O) groups is 2. The van der Waals surface area contributed by atoms with Crippen molar-refractivity contribution in [3.8, 4) is 0 Å². The van der Waals surface area contributed by atoms with Gasteiger partial charge < -0.3 is 4.74 Å². The number of hydrogen-bond acceptors (Lipinski definition) is 3. The van der Waals surface area contributed by atoms with Gasteiger partial charge in [-0.25, -0.2) is 0 Å². The standard InChI is InChI=1S/C15H28O3/c1-4-5-10-14(13(2)16)11-8-6-7-9-12-15(17)18-3/h14H,4-12H2,1-3H3. The summed E-state index contributed by atoms with van der Waals surface area (Å²) in [4.78, 5) is 22.3. The molecule has 0 rings (SSSR count). The van der Waals surface area contributed by atoms with Crippen LogP contribution in [0.2, 0.25) is 0 Å². The van der Waals surface area contributed by atoms with E-state index in [-0.39, 0.29) is 11.9 Å². The highest BCUT2D eigenvalue weighted by Crippen LogP contribution is 2.18. The lowest BCUT2D eigenvalue weighted by Gasteiger charge is -2.12. The van der Waals surface area contributed by atoms with Crippen molar-refractivity contribution in [2.75, 3.05) is 7.11 Å². The van der Waals surface area contributed by atoms with Crippen molar-refractivity contribution >= 4 is 11.8 Å². The molecule has 0 spiro atoms. The molecule has 0 aliphatic heterocycles. The van der Waals surface area contributed by atoms with E-state index in [9.17, 15) is 9.59 Å². The molecule has 0 bridgehead atoms. The van der Waals surface area contributed by atoms with Crippen molar-refractivity contribution in [2.45, 2.75) is 71.6 Å². The van der Waals surface area contributed by atoms with Crippen LogP contribution in [0.15, 0.2) is 0 Å². The fourth-order valence-corrected chi connectivity index (χ4v) is 2.12. The summed E-state index contributed by atoms with van der Waals surface area (Å²) in [6, 6.07) is 0. The zero-order chi connectivity index (χ0) is 13.8. The molecule has 0 saturated carbocycles. The van der Waals surface area contributed by atoms with Crippen LogP contribution >= 0.6 is 0 Å². The van der Waals surface area contributed by atoms with Crippen LogP contribution in [0, 0.1) is 5.92 Å². The number of ether oxygens (including phenoxy) is 1. The van der Waals surface area contributed by atoms with Crippen LogP contribution in [0.1, 0.15) is 71.6 Å². The largest absolute Gasteiger partial charge is 0.469 e. The Morgan fingerprint density at radius 3 is 2.17 bits per heavy atom. The van der Waals surface area contributed by atoms with Gasteiger partial charge in [0.1, 0.15) is 5.78 Å². The molecule has 106 valence electrons. The third kappa shape index (κ3) is 9.20. The van der Waals surface area contributed by atoms with Gasteiger partial charge in [-0.2, -0.15) is 0 Å². The summed E-state index contributed by atoms with van der Waals surface area (Å²) >= 11 is 0. The van der Waals surface area contributed by atoms with Gasteiger partial charge in [-0.1, -0.05) is 39.0 Å². The molecule has 0 N–H and O–H groups in total. The number of unbranched alkanes of at least 4 members (excludes halogenated alkanes) is 4. The molecular formula is C15H28O3. The van der Waals surface area contributed by atoms with Crippen molar-refractivity contribution < 1.29 is 14.3 Å². The summed E-state index contributed by atoms with van der Waals surface area (Å²) < 4.78 is 4.59. The fourth-order valence-electron chi connectivity index (χ4n) is 2.12. The molecule has 0 heterocycles. The number of carbonyl (C=O) groups excluding carboxylic acids is 2. The van der Waals surface area contributed by atoms with Gasteiger partial charge in [0, 0.05) is 12.3 Å². The van der Waals surface area contributed by atoms with Crippen molar-refractivity contribution in [1.29, 1.82) is 0 Å². The molecule has 0 aromatic rings. The number of Topliss-reactive ketones (excluding diaryl/α,β-unsaturated/α-hetero) is 1. The van der Waals surface area contributed by atoms with E-state index < -0.39 is 0 Å². The molecule has 3 nitrogen and oxygen atoms in total. The van der Waals surface area contributed by atoms with E-state index in [2.05, 4.69) is 11.7 Å². The highest BCUT2D eigenvalue weighted by molar-refractivity contribution is 5.78. The molecule has 1 atom stereocenters. The van der Waals surface area contributed by atoms with E-state index in [1.807, 2.05) is 0 Å². The van der Waals surface area contributed by atoms with E-state index in [4.69, 9.17) is 0 Å². The van der Waals surface area contributed by atoms with E-state index >= 15 is 0 Å². The normalized spacial score (nSPS) is 12.2. The van der Waals surface area contributed by atoms with E-state index in [1.165, 1.54) is 7.11 Å². The Balaban J connectivity index is 3.55. The molecule has 0 fully saturated rings. The van der Waals surface area contributed by atoms with Gasteiger partial charge in [-0.3, -0.25) is 9.59 Å². The predicted octanol–water partition coefficient (Wildman–Crippen LogP) is 3.90. The monoisotopic (exact) mass is 256 g/mol. The Kier molecular flexibility index (Phi) is 10.7. The van der Waals surface area contributed by atoms with Gasteiger partial charge in [0.25, 0.3) is 0 Å². The Morgan fingerprint density at radius 2 is 1.61 bits per heavy atom. The van der Waals surface area contributed by atoms with Gasteiger partial charge in [0.2, 0.25) is 0 Å². The number of ketones is 1. The predicted molar refractivity (Wildman–Crippen MR) is 73.4 cm³/mol. The average Bonchev–Trinajstić information content (AvgIpc) is 2.36. The van der Waals surface area contributed by atoms with Crippen LogP contribution in [0.4, 0.5) is 0 Å². The third-order valence-electron chi connectivity index (χ3n) is 3.39. The lowest BCUT2D eigenvalue weighted by molar-refractivity contribution is -0.140. The lowest BCUT2D eigenvalue weighted by Crippen LogP contribution is -2.10. The van der Waals surface area contributed by atoms with Gasteiger partial charge in [-0.15, -0.1) is 0 Å². The highest BCUT2D eigenvalue weighted by Gasteiger charge is 2.12. The molecule has 0 saturated heterocycles. The van der Waals surface area contributed by atoms with Crippen LogP contribution in [-0.2, 0) is 14.3 Å². The zero-order valence-corrected chi connectivity index (χ0v) is 12.2. The van der Waals surface area contributed by atoms with Crippen molar-refractivity contribution in [3.63, 3.8) is 0 Å². The van der Waals surface area contributed by atoms with Crippen LogP contribution in [0.3, 0.4) is 0 Å². The van der Waals surface area contributed by atoms with Crippen LogP contribution in [0.5, 0.6) is 0 Å². The molecule has 0 aliphatic rings. The minimum absolute atomic E-state index is 0.125. The van der Waals surface area contributed by atoms with E-state index in [0.717, 1.165) is 51.4 Å². The topological polar surface area (TPSA) is 43.4 Å². The summed E-state index contributed by atoms with van der Waals surface area (Å²) in [5.41, 5.74) is 0. The SMILES string of the molecule is CCCCC(CCCCCCC(=O)OC)C(C)=O. The second-order valence-electron chi connectivity index (χ2n) is 4.98. The first kappa shape index (κ1) is 17.1. The highest BCUT2D eigenvalue weighted by atomic mass is 16.5.